The van der Waals surface area contributed by atoms with Crippen LogP contribution < -0.4 is 16.0 Å². The Bertz CT molecular complexity index is 1110. The minimum absolute atomic E-state index is 0.116. The molecule has 2 aliphatic rings. The summed E-state index contributed by atoms with van der Waals surface area (Å²) in [5.74, 6) is 0.00842. The van der Waals surface area contributed by atoms with Crippen molar-refractivity contribution in [2.45, 2.75) is 43.8 Å². The van der Waals surface area contributed by atoms with Crippen LogP contribution in [0.25, 0.3) is 11.0 Å². The molecule has 2 bridgehead atoms. The van der Waals surface area contributed by atoms with Crippen LogP contribution in [0.5, 0.6) is 0 Å². The molecular weight excluding hydrogens is 388 g/mol. The summed E-state index contributed by atoms with van der Waals surface area (Å²) in [4.78, 5) is 40.2. The molecule has 11 nitrogen and oxygen atoms in total. The van der Waals surface area contributed by atoms with Gasteiger partial charge in [-0.2, -0.15) is 0 Å². The van der Waals surface area contributed by atoms with Crippen molar-refractivity contribution in [3.63, 3.8) is 0 Å². The molecule has 2 fully saturated rings. The number of carbonyl (C=O) groups excluding carboxylic acids is 1. The highest BCUT2D eigenvalue weighted by Crippen LogP contribution is 2.39. The van der Waals surface area contributed by atoms with Gasteiger partial charge in [-0.25, -0.2) is 15.0 Å². The second-order valence-electron chi connectivity index (χ2n) is 7.75. The van der Waals surface area contributed by atoms with E-state index < -0.39 is 10.8 Å². The van der Waals surface area contributed by atoms with E-state index in [2.05, 4.69) is 30.2 Å². The highest BCUT2D eigenvalue weighted by atomic mass is 16.6. The highest BCUT2D eigenvalue weighted by molar-refractivity contribution is 6.06. The van der Waals surface area contributed by atoms with E-state index in [4.69, 9.17) is 5.73 Å². The zero-order chi connectivity index (χ0) is 20.8. The number of nitrogens with one attached hydrogen (secondary N) is 2. The van der Waals surface area contributed by atoms with Crippen LogP contribution in [-0.4, -0.2) is 48.9 Å². The fourth-order valence-corrected chi connectivity index (χ4v) is 4.72. The van der Waals surface area contributed by atoms with Gasteiger partial charge in [-0.3, -0.25) is 14.9 Å². The minimum atomic E-state index is -0.521. The molecule has 0 spiro atoms. The molecule has 1 amide bonds. The Balaban J connectivity index is 1.39. The lowest BCUT2D eigenvalue weighted by atomic mass is 9.96. The Morgan fingerprint density at radius 2 is 1.90 bits per heavy atom. The minimum Gasteiger partial charge on any atom is -0.381 e. The number of nitro groups is 1. The van der Waals surface area contributed by atoms with Gasteiger partial charge in [0, 0.05) is 35.9 Å². The number of piperidine rings is 1. The van der Waals surface area contributed by atoms with Crippen LogP contribution in [-0.2, 0) is 0 Å². The second-order valence-corrected chi connectivity index (χ2v) is 7.75. The first-order valence-corrected chi connectivity index (χ1v) is 9.78. The molecule has 1 unspecified atom stereocenters. The Hall–Kier alpha value is -3.76. The smallest absolute Gasteiger partial charge is 0.305 e. The summed E-state index contributed by atoms with van der Waals surface area (Å²) in [5.41, 5.74) is 7.23. The molecule has 0 aromatic carbocycles. The number of hydrogen-bond donors (Lipinski definition) is 3. The number of carbonyl (C=O) groups is 1. The van der Waals surface area contributed by atoms with Crippen molar-refractivity contribution in [3.8, 4) is 0 Å². The first kappa shape index (κ1) is 18.3. The molecule has 2 saturated heterocycles. The molecule has 0 saturated carbocycles. The van der Waals surface area contributed by atoms with E-state index in [0.29, 0.717) is 22.8 Å². The summed E-state index contributed by atoms with van der Waals surface area (Å²) in [6.07, 6.45) is 9.47. The van der Waals surface area contributed by atoms with Gasteiger partial charge in [0.25, 0.3) is 5.91 Å². The maximum absolute atomic E-state index is 11.9. The Labute approximate surface area is 170 Å². The summed E-state index contributed by atoms with van der Waals surface area (Å²) in [6, 6.07) is 2.48. The summed E-state index contributed by atoms with van der Waals surface area (Å²) in [5, 5.41) is 15.2. The summed E-state index contributed by atoms with van der Waals surface area (Å²) in [7, 11) is 0. The van der Waals surface area contributed by atoms with Gasteiger partial charge in [-0.05, 0) is 31.7 Å². The van der Waals surface area contributed by atoms with Crippen molar-refractivity contribution in [1.29, 1.82) is 0 Å². The van der Waals surface area contributed by atoms with Crippen molar-refractivity contribution >= 4 is 34.3 Å². The molecule has 0 aliphatic carbocycles. The molecule has 5 heterocycles. The quantitative estimate of drug-likeness (QED) is 0.427. The van der Waals surface area contributed by atoms with Crippen molar-refractivity contribution in [1.82, 2.24) is 19.9 Å². The molecule has 30 heavy (non-hydrogen) atoms. The van der Waals surface area contributed by atoms with Crippen molar-refractivity contribution in [3.05, 3.63) is 46.5 Å². The number of hydrogen-bond acceptors (Lipinski definition) is 8. The van der Waals surface area contributed by atoms with E-state index >= 15 is 0 Å². The van der Waals surface area contributed by atoms with Crippen LogP contribution in [0.15, 0.2) is 30.9 Å². The largest absolute Gasteiger partial charge is 0.381 e. The van der Waals surface area contributed by atoms with Crippen LogP contribution in [0.1, 0.15) is 36.0 Å². The van der Waals surface area contributed by atoms with Gasteiger partial charge in [-0.15, -0.1) is 0 Å². The van der Waals surface area contributed by atoms with Crippen molar-refractivity contribution < 1.29 is 9.72 Å². The molecule has 4 N–H and O–H groups in total. The van der Waals surface area contributed by atoms with Gasteiger partial charge < -0.3 is 20.9 Å². The topological polar surface area (TPSA) is 156 Å². The van der Waals surface area contributed by atoms with E-state index in [9.17, 15) is 14.9 Å². The zero-order valence-corrected chi connectivity index (χ0v) is 16.0. The molecule has 3 atom stereocenters. The van der Waals surface area contributed by atoms with E-state index in [1.807, 2.05) is 6.07 Å². The monoisotopic (exact) mass is 408 g/mol. The van der Waals surface area contributed by atoms with E-state index in [1.165, 1.54) is 18.6 Å². The van der Waals surface area contributed by atoms with Gasteiger partial charge in [-0.1, -0.05) is 0 Å². The second kappa shape index (κ2) is 6.94. The summed E-state index contributed by atoms with van der Waals surface area (Å²) < 4.78 is 0. The third-order valence-electron chi connectivity index (χ3n) is 6.00. The summed E-state index contributed by atoms with van der Waals surface area (Å²) in [6.45, 7) is 0. The van der Waals surface area contributed by atoms with Crippen LogP contribution in [0.3, 0.4) is 0 Å². The fourth-order valence-electron chi connectivity index (χ4n) is 4.72. The van der Waals surface area contributed by atoms with Gasteiger partial charge in [0.05, 0.1) is 16.2 Å². The average molecular weight is 408 g/mol. The number of nitrogens with zero attached hydrogens (tertiary/aromatic N) is 5. The predicted octanol–water partition coefficient (Wildman–Crippen LogP) is 1.97. The molecule has 3 aromatic heterocycles. The first-order valence-electron chi connectivity index (χ1n) is 9.78. The predicted molar refractivity (Wildman–Crippen MR) is 109 cm³/mol. The van der Waals surface area contributed by atoms with Crippen LogP contribution in [0.2, 0.25) is 0 Å². The lowest BCUT2D eigenvalue weighted by Gasteiger charge is -2.39. The summed E-state index contributed by atoms with van der Waals surface area (Å²) >= 11 is 0. The number of rotatable bonds is 5. The first-order chi connectivity index (χ1) is 14.5. The van der Waals surface area contributed by atoms with Crippen LogP contribution >= 0.6 is 0 Å². The van der Waals surface area contributed by atoms with Crippen molar-refractivity contribution in [2.75, 3.05) is 10.2 Å². The Morgan fingerprint density at radius 3 is 2.53 bits per heavy atom. The number of anilines is 2. The number of amides is 1. The molecule has 2 aliphatic heterocycles. The van der Waals surface area contributed by atoms with Gasteiger partial charge in [0.1, 0.15) is 18.0 Å². The standard InChI is InChI=1S/C19H20N8O3/c20-17(28)15-9-22-18-14(3-4-21-18)16(15)25-10-5-11-1-2-12(6-10)26(11)19-23-7-13(8-24-19)27(29)30/h3-4,7-12H,1-2,5-6H2,(H2,20,28)(H2,21,22,25)/t10?,11-,12+. The average Bonchev–Trinajstić information content (AvgIpc) is 3.31. The maximum atomic E-state index is 11.9. The van der Waals surface area contributed by atoms with E-state index in [-0.39, 0.29) is 23.8 Å². The van der Waals surface area contributed by atoms with Crippen LogP contribution in [0.4, 0.5) is 17.3 Å². The van der Waals surface area contributed by atoms with E-state index in [0.717, 1.165) is 31.1 Å². The number of aromatic nitrogens is 4. The third-order valence-corrected chi connectivity index (χ3v) is 6.00. The molecular formula is C19H20N8O3. The molecule has 5 rings (SSSR count). The number of aromatic amines is 1. The van der Waals surface area contributed by atoms with Gasteiger partial charge in [0.15, 0.2) is 0 Å². The molecule has 0 radical (unpaired) electrons. The SMILES string of the molecule is NC(=O)c1cnc2[nH]ccc2c1NC1C[C@H]2CC[C@@H](C1)N2c1ncc([N+](=O)[O-])cn1. The lowest BCUT2D eigenvalue weighted by Crippen LogP contribution is -2.47. The van der Waals surface area contributed by atoms with Gasteiger partial charge in [0.2, 0.25) is 5.95 Å². The number of fused-ring (bicyclic) bond motifs is 3. The van der Waals surface area contributed by atoms with Gasteiger partial charge >= 0.3 is 5.69 Å². The number of primary amides is 1. The lowest BCUT2D eigenvalue weighted by molar-refractivity contribution is -0.385. The molecule has 11 heteroatoms. The fraction of sp³-hybridized carbons (Fsp3) is 0.368. The maximum Gasteiger partial charge on any atom is 0.305 e. The molecule has 3 aromatic rings. The van der Waals surface area contributed by atoms with Crippen LogP contribution in [0, 0.1) is 10.1 Å². The number of nitrogens with two attached hydrogens (primary N) is 1. The van der Waals surface area contributed by atoms with Crippen molar-refractivity contribution in [2.24, 2.45) is 5.73 Å². The Kier molecular flexibility index (Phi) is 4.23. The van der Waals surface area contributed by atoms with E-state index in [1.54, 1.807) is 6.20 Å². The third kappa shape index (κ3) is 2.98. The zero-order valence-electron chi connectivity index (χ0n) is 16.0. The Morgan fingerprint density at radius 1 is 1.20 bits per heavy atom. The highest BCUT2D eigenvalue weighted by Gasteiger charge is 2.42. The molecule has 154 valence electrons. The number of H-pyrrole nitrogens is 1. The normalized spacial score (nSPS) is 22.9. The number of pyridine rings is 1.